The van der Waals surface area contributed by atoms with E-state index in [1.807, 2.05) is 30.3 Å². The molecule has 3 heteroatoms. The second-order valence-electron chi connectivity index (χ2n) is 6.75. The predicted octanol–water partition coefficient (Wildman–Crippen LogP) is 4.60. The Morgan fingerprint density at radius 2 is 1.62 bits per heavy atom. The average Bonchev–Trinajstić information content (AvgIpc) is 2.58. The normalized spacial score (nSPS) is 11.9. The molecule has 0 heterocycles. The van der Waals surface area contributed by atoms with Crippen LogP contribution in [0.4, 0.5) is 0 Å². The largest absolute Gasteiger partial charge is 0.399 e. The molecule has 0 saturated carbocycles. The zero-order valence-corrected chi connectivity index (χ0v) is 15.0. The molecule has 0 radical (unpaired) electrons. The molecule has 0 fully saturated rings. The molecule has 1 N–H and O–H groups in total. The predicted molar refractivity (Wildman–Crippen MR) is 102 cm³/mol. The van der Waals surface area contributed by atoms with Gasteiger partial charge in [-0.1, -0.05) is 87.1 Å². The van der Waals surface area contributed by atoms with Crippen molar-refractivity contribution in [3.05, 3.63) is 77.9 Å². The van der Waals surface area contributed by atoms with Crippen LogP contribution in [0, 0.1) is 0 Å². The Labute approximate surface area is 145 Å². The minimum Gasteiger partial charge on any atom is -0.399 e. The molecule has 2 rings (SSSR count). The smallest absolute Gasteiger partial charge is 0.106 e. The van der Waals surface area contributed by atoms with Crippen LogP contribution in [-0.2, 0) is 10.3 Å². The molecular weight excluding hydrogens is 296 g/mol. The highest BCUT2D eigenvalue weighted by Crippen LogP contribution is 2.22. The van der Waals surface area contributed by atoms with E-state index in [2.05, 4.69) is 62.1 Å². The summed E-state index contributed by atoms with van der Waals surface area (Å²) >= 11 is 0. The highest BCUT2D eigenvalue weighted by Gasteiger charge is 2.14. The van der Waals surface area contributed by atoms with Crippen LogP contribution in [0.3, 0.4) is 0 Å². The van der Waals surface area contributed by atoms with Gasteiger partial charge in [0, 0.05) is 11.3 Å². The highest BCUT2D eigenvalue weighted by atomic mass is 16.6. The fourth-order valence-corrected chi connectivity index (χ4v) is 2.39. The zero-order chi connectivity index (χ0) is 17.6. The van der Waals surface area contributed by atoms with Gasteiger partial charge in [-0.2, -0.15) is 0 Å². The molecule has 0 atom stereocenters. The third kappa shape index (κ3) is 4.72. The van der Waals surface area contributed by atoms with Gasteiger partial charge in [-0.15, -0.1) is 0 Å². The average molecular weight is 322 g/mol. The van der Waals surface area contributed by atoms with Crippen molar-refractivity contribution in [3.8, 4) is 0 Å². The minimum atomic E-state index is 0.136. The minimum absolute atomic E-state index is 0.136. The lowest BCUT2D eigenvalue weighted by Crippen LogP contribution is -2.22. The highest BCUT2D eigenvalue weighted by molar-refractivity contribution is 6.02. The molecule has 0 bridgehead atoms. The van der Waals surface area contributed by atoms with Crippen molar-refractivity contribution in [2.45, 2.75) is 26.2 Å². The van der Waals surface area contributed by atoms with Gasteiger partial charge < -0.3 is 10.2 Å². The van der Waals surface area contributed by atoms with Gasteiger partial charge in [0.05, 0.1) is 6.54 Å². The number of nitrogens with zero attached hydrogens (tertiary/aromatic N) is 1. The van der Waals surface area contributed by atoms with E-state index >= 15 is 0 Å². The first-order valence-electron chi connectivity index (χ1n) is 8.11. The maximum Gasteiger partial charge on any atom is 0.106 e. The number of nitrogens with one attached hydrogen (secondary N) is 1. The Morgan fingerprint density at radius 1 is 1.00 bits per heavy atom. The van der Waals surface area contributed by atoms with Crippen molar-refractivity contribution < 1.29 is 4.84 Å². The Balaban J connectivity index is 2.10. The Kier molecular flexibility index (Phi) is 5.80. The fraction of sp³-hybridized carbons (Fsp3) is 0.286. The number of hydrogen-bond donors (Lipinski definition) is 1. The van der Waals surface area contributed by atoms with E-state index < -0.39 is 0 Å². The summed E-state index contributed by atoms with van der Waals surface area (Å²) in [5.41, 5.74) is 5.25. The van der Waals surface area contributed by atoms with E-state index in [1.54, 1.807) is 7.11 Å². The summed E-state index contributed by atoms with van der Waals surface area (Å²) in [4.78, 5) is 5.01. The lowest BCUT2D eigenvalue weighted by molar-refractivity contribution is 0.213. The van der Waals surface area contributed by atoms with Gasteiger partial charge in [0.15, 0.2) is 0 Å². The summed E-state index contributed by atoms with van der Waals surface area (Å²) in [5, 5.41) is 7.49. The molecule has 126 valence electrons. The summed E-state index contributed by atoms with van der Waals surface area (Å²) in [7, 11) is 1.57. The first-order valence-corrected chi connectivity index (χ1v) is 8.11. The SMILES string of the molecule is C=C(NC/C(=N/OC)c1ccc(C(C)(C)C)cc1)c1ccccc1. The van der Waals surface area contributed by atoms with Crippen LogP contribution < -0.4 is 5.32 Å². The second-order valence-corrected chi connectivity index (χ2v) is 6.75. The van der Waals surface area contributed by atoms with Gasteiger partial charge >= 0.3 is 0 Å². The van der Waals surface area contributed by atoms with Crippen molar-refractivity contribution >= 4 is 11.4 Å². The molecule has 0 aliphatic rings. The van der Waals surface area contributed by atoms with Crippen molar-refractivity contribution in [3.63, 3.8) is 0 Å². The number of benzene rings is 2. The monoisotopic (exact) mass is 322 g/mol. The summed E-state index contributed by atoms with van der Waals surface area (Å²) in [5.74, 6) is 0. The molecule has 0 aliphatic heterocycles. The third-order valence-corrected chi connectivity index (χ3v) is 3.88. The Morgan fingerprint density at radius 3 is 2.17 bits per heavy atom. The molecule has 0 spiro atoms. The van der Waals surface area contributed by atoms with Crippen molar-refractivity contribution in [1.29, 1.82) is 0 Å². The van der Waals surface area contributed by atoms with Crippen LogP contribution in [-0.4, -0.2) is 19.4 Å². The molecule has 0 saturated heterocycles. The molecule has 0 amide bonds. The summed E-state index contributed by atoms with van der Waals surface area (Å²) < 4.78 is 0. The lowest BCUT2D eigenvalue weighted by atomic mass is 9.86. The first kappa shape index (κ1) is 17.8. The third-order valence-electron chi connectivity index (χ3n) is 3.88. The molecular formula is C21H26N2O. The van der Waals surface area contributed by atoms with E-state index in [1.165, 1.54) is 5.56 Å². The molecule has 0 aromatic heterocycles. The van der Waals surface area contributed by atoms with Crippen molar-refractivity contribution in [1.82, 2.24) is 5.32 Å². The zero-order valence-electron chi connectivity index (χ0n) is 15.0. The molecule has 0 unspecified atom stereocenters. The second kappa shape index (κ2) is 7.82. The van der Waals surface area contributed by atoms with Crippen molar-refractivity contribution in [2.75, 3.05) is 13.7 Å². The van der Waals surface area contributed by atoms with Crippen LogP contribution in [0.5, 0.6) is 0 Å². The van der Waals surface area contributed by atoms with Crippen LogP contribution in [0.2, 0.25) is 0 Å². The van der Waals surface area contributed by atoms with E-state index in [0.29, 0.717) is 6.54 Å². The van der Waals surface area contributed by atoms with Crippen LogP contribution in [0.1, 0.15) is 37.5 Å². The number of oxime groups is 1. The number of rotatable bonds is 6. The van der Waals surface area contributed by atoms with E-state index in [0.717, 1.165) is 22.5 Å². The van der Waals surface area contributed by atoms with E-state index in [-0.39, 0.29) is 5.41 Å². The van der Waals surface area contributed by atoms with Crippen LogP contribution in [0.25, 0.3) is 5.70 Å². The van der Waals surface area contributed by atoms with E-state index in [9.17, 15) is 0 Å². The first-order chi connectivity index (χ1) is 11.4. The maximum atomic E-state index is 5.01. The van der Waals surface area contributed by atoms with Gasteiger partial charge in [-0.25, -0.2) is 0 Å². The maximum absolute atomic E-state index is 5.01. The molecule has 3 nitrogen and oxygen atoms in total. The summed E-state index contributed by atoms with van der Waals surface area (Å²) in [6.07, 6.45) is 0. The number of hydrogen-bond acceptors (Lipinski definition) is 3. The Hall–Kier alpha value is -2.55. The van der Waals surface area contributed by atoms with Gasteiger partial charge in [-0.05, 0) is 16.5 Å². The summed E-state index contributed by atoms with van der Waals surface area (Å²) in [6.45, 7) is 11.3. The quantitative estimate of drug-likeness (QED) is 0.623. The Bertz CT molecular complexity index is 695. The van der Waals surface area contributed by atoms with Gasteiger partial charge in [-0.3, -0.25) is 0 Å². The van der Waals surface area contributed by atoms with Crippen LogP contribution >= 0.6 is 0 Å². The van der Waals surface area contributed by atoms with E-state index in [4.69, 9.17) is 4.84 Å². The van der Waals surface area contributed by atoms with Gasteiger partial charge in [0.25, 0.3) is 0 Å². The van der Waals surface area contributed by atoms with Crippen LogP contribution in [0.15, 0.2) is 66.3 Å². The molecule has 0 aliphatic carbocycles. The topological polar surface area (TPSA) is 33.6 Å². The standard InChI is InChI=1S/C21H26N2O/c1-16(17-9-7-6-8-10-17)22-15-20(23-24-5)18-11-13-19(14-12-18)21(2,3)4/h6-14,22H,1,15H2,2-5H3/b23-20-. The van der Waals surface area contributed by atoms with Crippen molar-refractivity contribution in [2.24, 2.45) is 5.16 Å². The van der Waals surface area contributed by atoms with Gasteiger partial charge in [0.1, 0.15) is 12.8 Å². The van der Waals surface area contributed by atoms with Gasteiger partial charge in [0.2, 0.25) is 0 Å². The molecule has 2 aromatic rings. The summed E-state index contributed by atoms with van der Waals surface area (Å²) in [6, 6.07) is 18.5. The lowest BCUT2D eigenvalue weighted by Gasteiger charge is -2.19. The molecule has 2 aromatic carbocycles. The molecule has 24 heavy (non-hydrogen) atoms. The fourth-order valence-electron chi connectivity index (χ4n) is 2.39.